The highest BCUT2D eigenvalue weighted by molar-refractivity contribution is 6.08. The molecule has 1 aromatic carbocycles. The zero-order valence-corrected chi connectivity index (χ0v) is 22.2. The Morgan fingerprint density at radius 1 is 1.03 bits per heavy atom. The first-order valence-electron chi connectivity index (χ1n) is 13.1. The van der Waals surface area contributed by atoms with Crippen LogP contribution in [0.5, 0.6) is 0 Å². The number of carbonyl (C=O) groups excluding carboxylic acids is 1. The number of benzene rings is 1. The van der Waals surface area contributed by atoms with Crippen LogP contribution in [-0.4, -0.2) is 60.8 Å². The Labute approximate surface area is 227 Å². The lowest BCUT2D eigenvalue weighted by Crippen LogP contribution is -2.24. The van der Waals surface area contributed by atoms with E-state index in [0.29, 0.717) is 29.7 Å². The van der Waals surface area contributed by atoms with Gasteiger partial charge in [-0.1, -0.05) is 18.2 Å². The average molecular weight is 525 g/mol. The standard InChI is InChI=1S/C29H32N8O2/c1-21(38)8-9-27(29-32-15-22(2)39-29)35-33-16-23-6-5-7-24(14-23)28-30-17-25(18-31-28)26-19-34-37(20-26)13-12-36-10-3-4-11-36/h5-9,14-15,17-20,33H,3-4,10-13,16H2,1-2H3/b9-8-,35-27+. The Hall–Kier alpha value is -4.44. The minimum Gasteiger partial charge on any atom is -0.440 e. The number of oxazole rings is 1. The third-order valence-electron chi connectivity index (χ3n) is 6.45. The van der Waals surface area contributed by atoms with Gasteiger partial charge < -0.3 is 14.7 Å². The fraction of sp³-hybridized carbons (Fsp3) is 0.310. The second kappa shape index (κ2) is 12.4. The van der Waals surface area contributed by atoms with Crippen LogP contribution in [0.4, 0.5) is 0 Å². The zero-order chi connectivity index (χ0) is 27.0. The van der Waals surface area contributed by atoms with Crippen molar-refractivity contribution in [3.63, 3.8) is 0 Å². The van der Waals surface area contributed by atoms with Gasteiger partial charge in [0.05, 0.1) is 25.5 Å². The summed E-state index contributed by atoms with van der Waals surface area (Å²) in [5.74, 6) is 1.57. The van der Waals surface area contributed by atoms with E-state index >= 15 is 0 Å². The number of aromatic nitrogens is 5. The van der Waals surface area contributed by atoms with Gasteiger partial charge in [-0.25, -0.2) is 15.0 Å². The molecule has 3 aromatic heterocycles. The first-order valence-corrected chi connectivity index (χ1v) is 13.1. The number of carbonyl (C=O) groups is 1. The van der Waals surface area contributed by atoms with Gasteiger partial charge in [-0.3, -0.25) is 9.48 Å². The van der Waals surface area contributed by atoms with Crippen LogP contribution in [0.1, 0.15) is 37.0 Å². The maximum atomic E-state index is 11.4. The highest BCUT2D eigenvalue weighted by Gasteiger charge is 2.12. The van der Waals surface area contributed by atoms with Crippen molar-refractivity contribution in [2.75, 3.05) is 19.6 Å². The number of ketones is 1. The van der Waals surface area contributed by atoms with Crippen molar-refractivity contribution in [2.24, 2.45) is 5.10 Å². The molecular weight excluding hydrogens is 492 g/mol. The summed E-state index contributed by atoms with van der Waals surface area (Å²) in [5.41, 5.74) is 7.34. The molecule has 0 bridgehead atoms. The molecule has 1 aliphatic rings. The van der Waals surface area contributed by atoms with Gasteiger partial charge >= 0.3 is 0 Å². The largest absolute Gasteiger partial charge is 0.440 e. The fourth-order valence-electron chi connectivity index (χ4n) is 4.37. The highest BCUT2D eigenvalue weighted by atomic mass is 16.4. The average Bonchev–Trinajstić information content (AvgIpc) is 3.72. The number of rotatable bonds is 11. The molecule has 0 aliphatic carbocycles. The van der Waals surface area contributed by atoms with E-state index in [9.17, 15) is 4.79 Å². The van der Waals surface area contributed by atoms with E-state index in [1.807, 2.05) is 47.5 Å². The molecule has 0 radical (unpaired) electrons. The quantitative estimate of drug-likeness (QED) is 0.178. The molecule has 0 saturated carbocycles. The van der Waals surface area contributed by atoms with Crippen molar-refractivity contribution in [3.8, 4) is 22.5 Å². The Kier molecular flexibility index (Phi) is 8.33. The lowest BCUT2D eigenvalue weighted by Gasteiger charge is -2.13. The molecule has 0 spiro atoms. The van der Waals surface area contributed by atoms with Gasteiger partial charge in [-0.2, -0.15) is 10.2 Å². The summed E-state index contributed by atoms with van der Waals surface area (Å²) in [6.07, 6.45) is 14.8. The van der Waals surface area contributed by atoms with Crippen LogP contribution >= 0.6 is 0 Å². The van der Waals surface area contributed by atoms with Crippen molar-refractivity contribution in [2.45, 2.75) is 39.8 Å². The molecule has 10 nitrogen and oxygen atoms in total. The number of hydrogen-bond donors (Lipinski definition) is 1. The predicted octanol–water partition coefficient (Wildman–Crippen LogP) is 4.04. The summed E-state index contributed by atoms with van der Waals surface area (Å²) >= 11 is 0. The van der Waals surface area contributed by atoms with E-state index in [-0.39, 0.29) is 5.78 Å². The van der Waals surface area contributed by atoms with E-state index in [2.05, 4.69) is 41.7 Å². The Morgan fingerprint density at radius 2 is 1.85 bits per heavy atom. The van der Waals surface area contributed by atoms with Gasteiger partial charge in [0.2, 0.25) is 5.89 Å². The number of allylic oxidation sites excluding steroid dienone is 2. The van der Waals surface area contributed by atoms with Crippen LogP contribution in [0.25, 0.3) is 22.5 Å². The van der Waals surface area contributed by atoms with E-state index in [4.69, 9.17) is 4.42 Å². The molecule has 0 atom stereocenters. The summed E-state index contributed by atoms with van der Waals surface area (Å²) in [5, 5.41) is 8.90. The third-order valence-corrected chi connectivity index (χ3v) is 6.45. The minimum absolute atomic E-state index is 0.0870. The van der Waals surface area contributed by atoms with Gasteiger partial charge in [0.15, 0.2) is 11.6 Å². The smallest absolute Gasteiger partial charge is 0.247 e. The molecule has 0 amide bonds. The number of nitrogens with zero attached hydrogens (tertiary/aromatic N) is 7. The monoisotopic (exact) mass is 524 g/mol. The summed E-state index contributed by atoms with van der Waals surface area (Å²) in [4.78, 5) is 27.3. The van der Waals surface area contributed by atoms with Crippen LogP contribution in [-0.2, 0) is 17.9 Å². The maximum Gasteiger partial charge on any atom is 0.247 e. The molecule has 5 rings (SSSR count). The normalized spacial score (nSPS) is 14.4. The molecule has 10 heteroatoms. The number of aryl methyl sites for hydroxylation is 1. The summed E-state index contributed by atoms with van der Waals surface area (Å²) < 4.78 is 7.56. The minimum atomic E-state index is -0.0870. The van der Waals surface area contributed by atoms with Gasteiger partial charge in [-0.05, 0) is 63.6 Å². The second-order valence-corrected chi connectivity index (χ2v) is 9.59. The molecule has 4 aromatic rings. The van der Waals surface area contributed by atoms with Gasteiger partial charge in [0, 0.05) is 41.8 Å². The summed E-state index contributed by atoms with van der Waals surface area (Å²) in [7, 11) is 0. The molecule has 1 saturated heterocycles. The van der Waals surface area contributed by atoms with E-state index in [0.717, 1.165) is 35.3 Å². The fourth-order valence-corrected chi connectivity index (χ4v) is 4.37. The molecule has 39 heavy (non-hydrogen) atoms. The van der Waals surface area contributed by atoms with Crippen LogP contribution in [0.15, 0.2) is 76.9 Å². The van der Waals surface area contributed by atoms with Gasteiger partial charge in [-0.15, -0.1) is 0 Å². The lowest BCUT2D eigenvalue weighted by atomic mass is 10.1. The number of likely N-dealkylation sites (tertiary alicyclic amines) is 1. The maximum absolute atomic E-state index is 11.4. The number of hydrazone groups is 1. The van der Waals surface area contributed by atoms with Crippen molar-refractivity contribution < 1.29 is 9.21 Å². The highest BCUT2D eigenvalue weighted by Crippen LogP contribution is 2.21. The van der Waals surface area contributed by atoms with Crippen LogP contribution in [0.3, 0.4) is 0 Å². The van der Waals surface area contributed by atoms with Crippen LogP contribution in [0, 0.1) is 6.92 Å². The molecule has 1 aliphatic heterocycles. The summed E-state index contributed by atoms with van der Waals surface area (Å²) in [6, 6.07) is 7.96. The Morgan fingerprint density at radius 3 is 2.59 bits per heavy atom. The second-order valence-electron chi connectivity index (χ2n) is 9.59. The van der Waals surface area contributed by atoms with Gasteiger partial charge in [0.25, 0.3) is 0 Å². The summed E-state index contributed by atoms with van der Waals surface area (Å²) in [6.45, 7) is 8.04. The third kappa shape index (κ3) is 7.11. The molecular formula is C29H32N8O2. The van der Waals surface area contributed by atoms with Crippen molar-refractivity contribution in [3.05, 3.63) is 84.6 Å². The van der Waals surface area contributed by atoms with E-state index < -0.39 is 0 Å². The Bertz CT molecular complexity index is 1460. The van der Waals surface area contributed by atoms with Crippen LogP contribution in [0.2, 0.25) is 0 Å². The molecule has 200 valence electrons. The Balaban J connectivity index is 1.22. The molecule has 0 unspecified atom stereocenters. The topological polar surface area (TPSA) is 114 Å². The lowest BCUT2D eigenvalue weighted by molar-refractivity contribution is -0.112. The van der Waals surface area contributed by atoms with Crippen molar-refractivity contribution in [1.29, 1.82) is 0 Å². The molecule has 1 fully saturated rings. The van der Waals surface area contributed by atoms with Crippen molar-refractivity contribution in [1.82, 2.24) is 35.1 Å². The first-order chi connectivity index (χ1) is 19.0. The zero-order valence-electron chi connectivity index (χ0n) is 22.2. The molecule has 4 heterocycles. The SMILES string of the molecule is CC(=O)/C=C\C(=N/NCc1cccc(-c2ncc(-c3cnn(CCN4CCCC4)c3)cn2)c1)c1ncc(C)o1. The van der Waals surface area contributed by atoms with E-state index in [1.165, 1.54) is 38.9 Å². The number of hydrogen-bond acceptors (Lipinski definition) is 9. The van der Waals surface area contributed by atoms with Crippen LogP contribution < -0.4 is 5.43 Å². The number of nitrogens with one attached hydrogen (secondary N) is 1. The van der Waals surface area contributed by atoms with Crippen molar-refractivity contribution >= 4 is 11.5 Å². The predicted molar refractivity (Wildman–Crippen MR) is 149 cm³/mol. The van der Waals surface area contributed by atoms with Gasteiger partial charge in [0.1, 0.15) is 11.5 Å². The molecule has 1 N–H and O–H groups in total. The first kappa shape index (κ1) is 26.2. The van der Waals surface area contributed by atoms with E-state index in [1.54, 1.807) is 19.2 Å².